The van der Waals surface area contributed by atoms with Crippen LogP contribution in [-0.2, 0) is 23.6 Å². The molecule has 0 unspecified atom stereocenters. The van der Waals surface area contributed by atoms with Crippen LogP contribution in [0.4, 0.5) is 5.82 Å². The molecule has 2 rings (SSSR count). The van der Waals surface area contributed by atoms with Crippen molar-refractivity contribution in [1.29, 1.82) is 0 Å². The SMILES string of the molecule is CCOC(=O)/C=C/c1c(NCCOc2ccccc2OC)n(C)c(=O)n(C)c1=O. The normalized spacial score (nSPS) is 10.8. The third kappa shape index (κ3) is 5.28. The van der Waals surface area contributed by atoms with Crippen molar-refractivity contribution in [3.05, 3.63) is 56.7 Å². The van der Waals surface area contributed by atoms with E-state index in [0.717, 1.165) is 10.6 Å². The summed E-state index contributed by atoms with van der Waals surface area (Å²) in [6.07, 6.45) is 2.49. The van der Waals surface area contributed by atoms with Gasteiger partial charge in [0.2, 0.25) is 0 Å². The topological polar surface area (TPSA) is 101 Å². The van der Waals surface area contributed by atoms with Crippen molar-refractivity contribution in [2.45, 2.75) is 6.92 Å². The number of esters is 1. The first-order valence-corrected chi connectivity index (χ1v) is 9.05. The maximum absolute atomic E-state index is 12.5. The second-order valence-corrected chi connectivity index (χ2v) is 5.98. The van der Waals surface area contributed by atoms with E-state index < -0.39 is 17.2 Å². The van der Waals surface area contributed by atoms with Crippen LogP contribution >= 0.6 is 0 Å². The van der Waals surface area contributed by atoms with Gasteiger partial charge in [-0.1, -0.05) is 12.1 Å². The van der Waals surface area contributed by atoms with Crippen LogP contribution in [0.5, 0.6) is 11.5 Å². The Kier molecular flexibility index (Phi) is 7.64. The Bertz CT molecular complexity index is 1010. The molecule has 1 aromatic carbocycles. The van der Waals surface area contributed by atoms with Gasteiger partial charge < -0.3 is 19.5 Å². The molecule has 0 aliphatic heterocycles. The van der Waals surface area contributed by atoms with Gasteiger partial charge in [0.05, 0.1) is 25.8 Å². The lowest BCUT2D eigenvalue weighted by atomic mass is 10.2. The van der Waals surface area contributed by atoms with Crippen molar-refractivity contribution in [3.63, 3.8) is 0 Å². The van der Waals surface area contributed by atoms with E-state index in [2.05, 4.69) is 5.32 Å². The van der Waals surface area contributed by atoms with Crippen molar-refractivity contribution in [3.8, 4) is 11.5 Å². The van der Waals surface area contributed by atoms with Gasteiger partial charge in [0.25, 0.3) is 5.56 Å². The summed E-state index contributed by atoms with van der Waals surface area (Å²) in [5, 5.41) is 3.03. The van der Waals surface area contributed by atoms with Crippen molar-refractivity contribution in [2.75, 3.05) is 32.2 Å². The number of para-hydroxylation sites is 2. The van der Waals surface area contributed by atoms with Gasteiger partial charge >= 0.3 is 11.7 Å². The summed E-state index contributed by atoms with van der Waals surface area (Å²) in [5.74, 6) is 0.889. The molecule has 9 nitrogen and oxygen atoms in total. The summed E-state index contributed by atoms with van der Waals surface area (Å²) >= 11 is 0. The predicted octanol–water partition coefficient (Wildman–Crippen LogP) is 1.16. The first-order valence-electron chi connectivity index (χ1n) is 9.05. The van der Waals surface area contributed by atoms with Crippen LogP contribution in [0.1, 0.15) is 12.5 Å². The van der Waals surface area contributed by atoms with Crippen molar-refractivity contribution < 1.29 is 19.0 Å². The van der Waals surface area contributed by atoms with Gasteiger partial charge in [0.15, 0.2) is 11.5 Å². The summed E-state index contributed by atoms with van der Waals surface area (Å²) in [6.45, 7) is 2.47. The zero-order valence-corrected chi connectivity index (χ0v) is 16.9. The van der Waals surface area contributed by atoms with Gasteiger partial charge in [0.1, 0.15) is 12.4 Å². The molecule has 0 radical (unpaired) electrons. The van der Waals surface area contributed by atoms with Gasteiger partial charge in [-0.3, -0.25) is 13.9 Å². The number of ether oxygens (including phenoxy) is 3. The minimum atomic E-state index is -0.575. The molecule has 29 heavy (non-hydrogen) atoms. The minimum Gasteiger partial charge on any atom is -0.493 e. The lowest BCUT2D eigenvalue weighted by molar-refractivity contribution is -0.137. The van der Waals surface area contributed by atoms with E-state index in [9.17, 15) is 14.4 Å². The highest BCUT2D eigenvalue weighted by atomic mass is 16.5. The Hall–Kier alpha value is -3.49. The maximum atomic E-state index is 12.5. The molecule has 0 fully saturated rings. The molecule has 2 aromatic rings. The standard InChI is InChI=1S/C20H25N3O6/c1-5-28-17(24)11-10-14-18(22(2)20(26)23(3)19(14)25)21-12-13-29-16-9-7-6-8-15(16)27-4/h6-11,21H,5,12-13H2,1-4H3/b11-10+. The largest absolute Gasteiger partial charge is 0.493 e. The second-order valence-electron chi connectivity index (χ2n) is 5.98. The molecular weight excluding hydrogens is 378 g/mol. The fourth-order valence-electron chi connectivity index (χ4n) is 2.64. The number of carbonyl (C=O) groups is 1. The number of hydrogen-bond acceptors (Lipinski definition) is 7. The monoisotopic (exact) mass is 403 g/mol. The quantitative estimate of drug-likeness (QED) is 0.381. The van der Waals surface area contributed by atoms with Crippen LogP contribution in [0.2, 0.25) is 0 Å². The Morgan fingerprint density at radius 1 is 1.14 bits per heavy atom. The lowest BCUT2D eigenvalue weighted by Crippen LogP contribution is -2.40. The van der Waals surface area contributed by atoms with E-state index >= 15 is 0 Å². The molecule has 0 atom stereocenters. The number of nitrogens with one attached hydrogen (secondary N) is 1. The van der Waals surface area contributed by atoms with E-state index in [1.54, 1.807) is 26.2 Å². The van der Waals surface area contributed by atoms with Gasteiger partial charge in [-0.15, -0.1) is 0 Å². The number of anilines is 1. The van der Waals surface area contributed by atoms with E-state index in [0.29, 0.717) is 18.0 Å². The van der Waals surface area contributed by atoms with E-state index in [1.165, 1.54) is 24.7 Å². The number of carbonyl (C=O) groups excluding carboxylic acids is 1. The Morgan fingerprint density at radius 3 is 2.48 bits per heavy atom. The summed E-state index contributed by atoms with van der Waals surface area (Å²) in [6, 6.07) is 7.22. The van der Waals surface area contributed by atoms with Crippen molar-refractivity contribution >= 4 is 17.9 Å². The highest BCUT2D eigenvalue weighted by Gasteiger charge is 2.14. The van der Waals surface area contributed by atoms with Crippen molar-refractivity contribution in [1.82, 2.24) is 9.13 Å². The second kappa shape index (κ2) is 10.2. The van der Waals surface area contributed by atoms with Crippen LogP contribution in [0, 0.1) is 0 Å². The minimum absolute atomic E-state index is 0.167. The molecule has 156 valence electrons. The summed E-state index contributed by atoms with van der Waals surface area (Å²) in [5.41, 5.74) is -0.849. The summed E-state index contributed by atoms with van der Waals surface area (Å²) < 4.78 is 18.0. The molecule has 0 spiro atoms. The number of benzene rings is 1. The third-order valence-corrected chi connectivity index (χ3v) is 4.09. The van der Waals surface area contributed by atoms with Crippen molar-refractivity contribution in [2.24, 2.45) is 14.1 Å². The smallest absolute Gasteiger partial charge is 0.332 e. The fourth-order valence-corrected chi connectivity index (χ4v) is 2.64. The number of methoxy groups -OCH3 is 1. The third-order valence-electron chi connectivity index (χ3n) is 4.09. The molecule has 1 aromatic heterocycles. The number of rotatable bonds is 9. The molecule has 0 amide bonds. The molecule has 0 saturated carbocycles. The van der Waals surface area contributed by atoms with Gasteiger partial charge in [-0.05, 0) is 25.1 Å². The molecule has 0 bridgehead atoms. The molecule has 1 heterocycles. The highest BCUT2D eigenvalue weighted by molar-refractivity contribution is 5.88. The Balaban J connectivity index is 2.21. The van der Waals surface area contributed by atoms with E-state index in [1.807, 2.05) is 12.1 Å². The molecule has 0 saturated heterocycles. The lowest BCUT2D eigenvalue weighted by Gasteiger charge is -2.16. The van der Waals surface area contributed by atoms with Crippen LogP contribution in [-0.4, -0.2) is 42.0 Å². The Morgan fingerprint density at radius 2 is 1.83 bits per heavy atom. The van der Waals surface area contributed by atoms with Gasteiger partial charge in [-0.2, -0.15) is 0 Å². The van der Waals surface area contributed by atoms with Crippen LogP contribution in [0.3, 0.4) is 0 Å². The average molecular weight is 403 g/mol. The first kappa shape index (κ1) is 21.8. The van der Waals surface area contributed by atoms with Crippen LogP contribution in [0.25, 0.3) is 6.08 Å². The summed E-state index contributed by atoms with van der Waals surface area (Å²) in [4.78, 5) is 36.4. The highest BCUT2D eigenvalue weighted by Crippen LogP contribution is 2.25. The predicted molar refractivity (Wildman–Crippen MR) is 110 cm³/mol. The first-order chi connectivity index (χ1) is 13.9. The Labute approximate surface area is 168 Å². The van der Waals surface area contributed by atoms with Crippen LogP contribution < -0.4 is 26.0 Å². The average Bonchev–Trinajstić information content (AvgIpc) is 2.72. The molecule has 0 aliphatic rings. The molecular formula is C20H25N3O6. The van der Waals surface area contributed by atoms with Crippen LogP contribution in [0.15, 0.2) is 39.9 Å². The van der Waals surface area contributed by atoms with E-state index in [-0.39, 0.29) is 24.6 Å². The van der Waals surface area contributed by atoms with Gasteiger partial charge in [0, 0.05) is 20.2 Å². The van der Waals surface area contributed by atoms with Gasteiger partial charge in [-0.25, -0.2) is 9.59 Å². The summed E-state index contributed by atoms with van der Waals surface area (Å²) in [7, 11) is 4.46. The molecule has 0 aliphatic carbocycles. The van der Waals surface area contributed by atoms with E-state index in [4.69, 9.17) is 14.2 Å². The number of hydrogen-bond donors (Lipinski definition) is 1. The zero-order chi connectivity index (χ0) is 21.4. The maximum Gasteiger partial charge on any atom is 0.332 e. The zero-order valence-electron chi connectivity index (χ0n) is 16.9. The molecule has 9 heteroatoms. The number of aromatic nitrogens is 2. The fraction of sp³-hybridized carbons (Fsp3) is 0.350. The molecule has 1 N–H and O–H groups in total. The number of nitrogens with zero attached hydrogens (tertiary/aromatic N) is 2.